The van der Waals surface area contributed by atoms with Gasteiger partial charge in [0.15, 0.2) is 0 Å². The van der Waals surface area contributed by atoms with Crippen LogP contribution in [-0.2, 0) is 4.79 Å². The fourth-order valence-corrected chi connectivity index (χ4v) is 3.66. The standard InChI is InChI=1S/C38H30O5/c1-6-28(5)41-34-22-18-33(19-23-34)38(40)43-36-24-17-32(25-27(36)4)14-13-30-9-7-29(8-10-30)11-12-31-15-20-35(21-16-31)42-37(39)26(2)3/h6-10,15-25,28H,1-2H2,3-5H3/t28-/m1/s1. The molecule has 0 spiro atoms. The van der Waals surface area contributed by atoms with E-state index in [9.17, 15) is 9.59 Å². The third kappa shape index (κ3) is 8.85. The number of rotatable bonds is 7. The van der Waals surface area contributed by atoms with Gasteiger partial charge in [0.1, 0.15) is 23.4 Å². The van der Waals surface area contributed by atoms with Gasteiger partial charge in [-0.1, -0.05) is 42.9 Å². The van der Waals surface area contributed by atoms with Crippen molar-refractivity contribution in [2.75, 3.05) is 0 Å². The molecule has 0 saturated heterocycles. The molecule has 4 aromatic rings. The average Bonchev–Trinajstić information content (AvgIpc) is 3.01. The van der Waals surface area contributed by atoms with Crippen LogP contribution in [0.5, 0.6) is 17.2 Å². The zero-order valence-electron chi connectivity index (χ0n) is 24.3. The summed E-state index contributed by atoms with van der Waals surface area (Å²) in [5.74, 6) is 13.2. The summed E-state index contributed by atoms with van der Waals surface area (Å²) in [4.78, 5) is 24.3. The Balaban J connectivity index is 1.34. The van der Waals surface area contributed by atoms with Crippen molar-refractivity contribution in [3.63, 3.8) is 0 Å². The molecule has 4 rings (SSSR count). The summed E-state index contributed by atoms with van der Waals surface area (Å²) in [6.45, 7) is 12.6. The van der Waals surface area contributed by atoms with Gasteiger partial charge >= 0.3 is 11.9 Å². The number of aryl methyl sites for hydroxylation is 1. The van der Waals surface area contributed by atoms with Crippen molar-refractivity contribution in [1.82, 2.24) is 0 Å². The second kappa shape index (κ2) is 14.2. The highest BCUT2D eigenvalue weighted by molar-refractivity contribution is 5.91. The van der Waals surface area contributed by atoms with Crippen molar-refractivity contribution in [3.8, 4) is 40.9 Å². The predicted molar refractivity (Wildman–Crippen MR) is 168 cm³/mol. The second-order valence-electron chi connectivity index (χ2n) is 9.72. The number of carbonyl (C=O) groups is 2. The molecular weight excluding hydrogens is 536 g/mol. The maximum Gasteiger partial charge on any atom is 0.343 e. The van der Waals surface area contributed by atoms with Gasteiger partial charge in [-0.2, -0.15) is 0 Å². The van der Waals surface area contributed by atoms with Crippen LogP contribution in [0.15, 0.2) is 116 Å². The zero-order valence-corrected chi connectivity index (χ0v) is 24.3. The van der Waals surface area contributed by atoms with E-state index in [1.54, 1.807) is 67.6 Å². The van der Waals surface area contributed by atoms with Crippen LogP contribution in [0.4, 0.5) is 0 Å². The topological polar surface area (TPSA) is 61.8 Å². The van der Waals surface area contributed by atoms with E-state index in [2.05, 4.69) is 36.8 Å². The molecule has 0 saturated carbocycles. The van der Waals surface area contributed by atoms with Crippen LogP contribution in [0, 0.1) is 30.6 Å². The van der Waals surface area contributed by atoms with Gasteiger partial charge in [-0.3, -0.25) is 0 Å². The van der Waals surface area contributed by atoms with Crippen molar-refractivity contribution in [3.05, 3.63) is 149 Å². The third-order valence-corrected chi connectivity index (χ3v) is 6.12. The molecule has 0 unspecified atom stereocenters. The van der Waals surface area contributed by atoms with Gasteiger partial charge in [-0.05, 0) is 117 Å². The molecule has 0 aliphatic rings. The van der Waals surface area contributed by atoms with Crippen molar-refractivity contribution in [2.24, 2.45) is 0 Å². The van der Waals surface area contributed by atoms with E-state index >= 15 is 0 Å². The highest BCUT2D eigenvalue weighted by Crippen LogP contribution is 2.22. The molecule has 0 radical (unpaired) electrons. The van der Waals surface area contributed by atoms with Gasteiger partial charge in [-0.15, -0.1) is 0 Å². The first kappa shape index (κ1) is 30.2. The van der Waals surface area contributed by atoms with E-state index in [-0.39, 0.29) is 6.10 Å². The highest BCUT2D eigenvalue weighted by atomic mass is 16.5. The van der Waals surface area contributed by atoms with Crippen LogP contribution in [0.2, 0.25) is 0 Å². The third-order valence-electron chi connectivity index (χ3n) is 6.12. The Bertz CT molecular complexity index is 1770. The fourth-order valence-electron chi connectivity index (χ4n) is 3.66. The van der Waals surface area contributed by atoms with Gasteiger partial charge in [-0.25, -0.2) is 9.59 Å². The minimum atomic E-state index is -0.460. The molecule has 0 amide bonds. The summed E-state index contributed by atoms with van der Waals surface area (Å²) >= 11 is 0. The van der Waals surface area contributed by atoms with Crippen LogP contribution < -0.4 is 14.2 Å². The molecule has 0 N–H and O–H groups in total. The summed E-state index contributed by atoms with van der Waals surface area (Å²) in [5, 5.41) is 0. The first-order valence-electron chi connectivity index (χ1n) is 13.5. The van der Waals surface area contributed by atoms with Gasteiger partial charge in [0.2, 0.25) is 0 Å². The van der Waals surface area contributed by atoms with E-state index in [0.717, 1.165) is 27.8 Å². The summed E-state index contributed by atoms with van der Waals surface area (Å²) in [5.41, 5.74) is 4.85. The fraction of sp³-hybridized carbons (Fsp3) is 0.105. The van der Waals surface area contributed by atoms with Crippen LogP contribution in [-0.4, -0.2) is 18.0 Å². The molecular formula is C38H30O5. The predicted octanol–water partition coefficient (Wildman–Crippen LogP) is 7.45. The van der Waals surface area contributed by atoms with E-state index < -0.39 is 11.9 Å². The lowest BCUT2D eigenvalue weighted by molar-refractivity contribution is -0.130. The number of hydrogen-bond donors (Lipinski definition) is 0. The lowest BCUT2D eigenvalue weighted by Gasteiger charge is -2.11. The SMILES string of the molecule is C=C[C@@H](C)Oc1ccc(C(=O)Oc2ccc(C#Cc3ccc(C#Cc4ccc(OC(=O)C(=C)C)cc4)cc3)cc2C)cc1. The molecule has 0 bridgehead atoms. The summed E-state index contributed by atoms with van der Waals surface area (Å²) in [7, 11) is 0. The van der Waals surface area contributed by atoms with Gasteiger partial charge in [0, 0.05) is 27.8 Å². The number of carbonyl (C=O) groups excluding carboxylic acids is 2. The lowest BCUT2D eigenvalue weighted by Crippen LogP contribution is -2.10. The van der Waals surface area contributed by atoms with Crippen molar-refractivity contribution < 1.29 is 23.8 Å². The second-order valence-corrected chi connectivity index (χ2v) is 9.72. The largest absolute Gasteiger partial charge is 0.487 e. The minimum absolute atomic E-state index is 0.125. The Kier molecular flexibility index (Phi) is 9.98. The minimum Gasteiger partial charge on any atom is -0.487 e. The lowest BCUT2D eigenvalue weighted by atomic mass is 10.1. The Morgan fingerprint density at radius 3 is 1.72 bits per heavy atom. The molecule has 0 aliphatic carbocycles. The number of benzene rings is 4. The summed E-state index contributed by atoms with van der Waals surface area (Å²) in [6.07, 6.45) is 1.57. The zero-order chi connectivity index (χ0) is 30.8. The molecule has 0 aromatic heterocycles. The van der Waals surface area contributed by atoms with Crippen molar-refractivity contribution >= 4 is 11.9 Å². The molecule has 1 atom stereocenters. The quantitative estimate of drug-likeness (QED) is 0.0765. The highest BCUT2D eigenvalue weighted by Gasteiger charge is 2.11. The molecule has 5 nitrogen and oxygen atoms in total. The molecule has 5 heteroatoms. The smallest absolute Gasteiger partial charge is 0.343 e. The van der Waals surface area contributed by atoms with Crippen LogP contribution in [0.25, 0.3) is 0 Å². The number of hydrogen-bond acceptors (Lipinski definition) is 5. The van der Waals surface area contributed by atoms with Crippen LogP contribution >= 0.6 is 0 Å². The number of ether oxygens (including phenoxy) is 3. The first-order valence-corrected chi connectivity index (χ1v) is 13.5. The maximum absolute atomic E-state index is 12.6. The van der Waals surface area contributed by atoms with Crippen molar-refractivity contribution in [2.45, 2.75) is 26.9 Å². The summed E-state index contributed by atoms with van der Waals surface area (Å²) in [6, 6.07) is 26.9. The normalized spacial score (nSPS) is 10.6. The van der Waals surface area contributed by atoms with E-state index in [0.29, 0.717) is 28.4 Å². The Labute approximate surface area is 252 Å². The first-order chi connectivity index (χ1) is 20.7. The molecule has 4 aromatic carbocycles. The van der Waals surface area contributed by atoms with Crippen LogP contribution in [0.1, 0.15) is 52.0 Å². The van der Waals surface area contributed by atoms with Gasteiger partial charge in [0.05, 0.1) is 5.56 Å². The van der Waals surface area contributed by atoms with E-state index in [1.165, 1.54) is 0 Å². The molecule has 0 fully saturated rings. The average molecular weight is 567 g/mol. The molecule has 43 heavy (non-hydrogen) atoms. The summed E-state index contributed by atoms with van der Waals surface area (Å²) < 4.78 is 16.5. The van der Waals surface area contributed by atoms with Gasteiger partial charge < -0.3 is 14.2 Å². The van der Waals surface area contributed by atoms with E-state index in [4.69, 9.17) is 14.2 Å². The molecule has 212 valence electrons. The van der Waals surface area contributed by atoms with E-state index in [1.807, 2.05) is 50.2 Å². The Morgan fingerprint density at radius 1 is 0.721 bits per heavy atom. The Hall–Kier alpha value is -5.78. The number of esters is 2. The van der Waals surface area contributed by atoms with Gasteiger partial charge in [0.25, 0.3) is 0 Å². The van der Waals surface area contributed by atoms with Crippen molar-refractivity contribution in [1.29, 1.82) is 0 Å². The molecule has 0 aliphatic heterocycles. The van der Waals surface area contributed by atoms with Crippen LogP contribution in [0.3, 0.4) is 0 Å². The Morgan fingerprint density at radius 2 is 1.21 bits per heavy atom. The monoisotopic (exact) mass is 566 g/mol. The molecule has 0 heterocycles. The maximum atomic E-state index is 12.6.